The van der Waals surface area contributed by atoms with Gasteiger partial charge in [-0.1, -0.05) is 35.3 Å². The number of aliphatic hydroxyl groups is 2. The van der Waals surface area contributed by atoms with Crippen LogP contribution >= 0.6 is 23.2 Å². The molecule has 0 spiro atoms. The third kappa shape index (κ3) is 8.62. The summed E-state index contributed by atoms with van der Waals surface area (Å²) in [6.07, 6.45) is 2.23. The van der Waals surface area contributed by atoms with E-state index in [1.165, 1.54) is 0 Å². The van der Waals surface area contributed by atoms with Crippen LogP contribution in [0, 0.1) is 0 Å². The van der Waals surface area contributed by atoms with Gasteiger partial charge in [-0.15, -0.1) is 0 Å². The molecular formula is C21H26Cl2N4O3. The lowest BCUT2D eigenvalue weighted by Gasteiger charge is -2.17. The number of carbonyl (C=O) groups excluding carboxylic acids is 1. The van der Waals surface area contributed by atoms with E-state index in [1.807, 2.05) is 20.2 Å². The Morgan fingerprint density at radius 3 is 2.30 bits per heavy atom. The number of hydrogen-bond donors (Lipinski definition) is 5. The number of aliphatic hydroxyl groups excluding tert-OH is 2. The Morgan fingerprint density at radius 2 is 1.77 bits per heavy atom. The van der Waals surface area contributed by atoms with Crippen molar-refractivity contribution in [1.82, 2.24) is 20.6 Å². The fourth-order valence-corrected chi connectivity index (χ4v) is 2.63. The van der Waals surface area contributed by atoms with Gasteiger partial charge in [-0.2, -0.15) is 0 Å². The average Bonchev–Trinajstić information content (AvgIpc) is 3.23. The lowest BCUT2D eigenvalue weighted by Crippen LogP contribution is -2.31. The summed E-state index contributed by atoms with van der Waals surface area (Å²) in [6.45, 7) is 0. The van der Waals surface area contributed by atoms with Crippen LogP contribution in [-0.2, 0) is 0 Å². The maximum absolute atomic E-state index is 10.4. The summed E-state index contributed by atoms with van der Waals surface area (Å²) < 4.78 is 0. The number of aldehydes is 1. The minimum atomic E-state index is -0.974. The van der Waals surface area contributed by atoms with Crippen molar-refractivity contribution in [3.05, 3.63) is 76.3 Å². The van der Waals surface area contributed by atoms with Gasteiger partial charge in [0.25, 0.3) is 0 Å². The fraction of sp³-hybridized carbons (Fsp3) is 0.238. The Bertz CT molecular complexity index is 905. The third-order valence-electron chi connectivity index (χ3n) is 3.68. The molecule has 0 aliphatic carbocycles. The Kier molecular flexibility index (Phi) is 11.9. The zero-order valence-corrected chi connectivity index (χ0v) is 18.4. The van der Waals surface area contributed by atoms with Crippen LogP contribution in [0.4, 0.5) is 0 Å². The second-order valence-corrected chi connectivity index (χ2v) is 6.89. The zero-order valence-electron chi connectivity index (χ0n) is 16.9. The van der Waals surface area contributed by atoms with Gasteiger partial charge in [-0.05, 0) is 62.6 Å². The van der Waals surface area contributed by atoms with Crippen molar-refractivity contribution in [3.63, 3.8) is 0 Å². The predicted molar refractivity (Wildman–Crippen MR) is 121 cm³/mol. The van der Waals surface area contributed by atoms with E-state index in [9.17, 15) is 15.0 Å². The molecular weight excluding hydrogens is 427 g/mol. The van der Waals surface area contributed by atoms with Crippen LogP contribution in [0.1, 0.15) is 22.2 Å². The van der Waals surface area contributed by atoms with Crippen LogP contribution in [0.3, 0.4) is 0 Å². The first-order valence-electron chi connectivity index (χ1n) is 8.99. The highest BCUT2D eigenvalue weighted by Gasteiger charge is 2.15. The van der Waals surface area contributed by atoms with E-state index in [2.05, 4.69) is 20.6 Å². The quantitative estimate of drug-likeness (QED) is 0.230. The van der Waals surface area contributed by atoms with Crippen molar-refractivity contribution < 1.29 is 15.0 Å². The first-order chi connectivity index (χ1) is 14.4. The SMILES string of the molecule is CNC.CNC(O)C(O)c1cccc(Cl)c1.O=Cc1cc(-c2ccnc(Cl)c2)c[nH]1. The highest BCUT2D eigenvalue weighted by molar-refractivity contribution is 6.30. The molecule has 0 aliphatic heterocycles. The largest absolute Gasteiger partial charge is 0.384 e. The topological polar surface area (TPSA) is 110 Å². The van der Waals surface area contributed by atoms with Gasteiger partial charge in [0.2, 0.25) is 0 Å². The third-order valence-corrected chi connectivity index (χ3v) is 4.12. The number of aromatic amines is 1. The number of nitrogens with one attached hydrogen (secondary N) is 3. The summed E-state index contributed by atoms with van der Waals surface area (Å²) in [6, 6.07) is 12.1. The van der Waals surface area contributed by atoms with Crippen LogP contribution in [0.2, 0.25) is 10.2 Å². The molecule has 5 N–H and O–H groups in total. The molecule has 0 radical (unpaired) electrons. The Balaban J connectivity index is 0.000000266. The number of H-pyrrole nitrogens is 1. The molecule has 2 aromatic heterocycles. The van der Waals surface area contributed by atoms with Crippen molar-refractivity contribution in [1.29, 1.82) is 0 Å². The summed E-state index contributed by atoms with van der Waals surface area (Å²) in [5.74, 6) is 0. The molecule has 9 heteroatoms. The number of carbonyl (C=O) groups is 1. The van der Waals surface area contributed by atoms with Crippen molar-refractivity contribution in [2.45, 2.75) is 12.3 Å². The number of halogens is 2. The number of nitrogens with zero attached hydrogens (tertiary/aromatic N) is 1. The molecule has 0 fully saturated rings. The van der Waals surface area contributed by atoms with Gasteiger partial charge in [0.05, 0.1) is 5.69 Å². The molecule has 162 valence electrons. The Labute approximate surface area is 186 Å². The zero-order chi connectivity index (χ0) is 22.5. The van der Waals surface area contributed by atoms with Crippen LogP contribution in [0.15, 0.2) is 54.9 Å². The van der Waals surface area contributed by atoms with Crippen molar-refractivity contribution in [3.8, 4) is 11.1 Å². The van der Waals surface area contributed by atoms with Crippen molar-refractivity contribution in [2.75, 3.05) is 21.1 Å². The van der Waals surface area contributed by atoms with Crippen LogP contribution in [-0.4, -0.2) is 53.8 Å². The number of pyridine rings is 1. The number of hydrogen-bond acceptors (Lipinski definition) is 6. The van der Waals surface area contributed by atoms with Gasteiger partial charge in [0.1, 0.15) is 17.5 Å². The summed E-state index contributed by atoms with van der Waals surface area (Å²) in [5.41, 5.74) is 3.01. The normalized spacial score (nSPS) is 12.0. The van der Waals surface area contributed by atoms with Crippen LogP contribution in [0.5, 0.6) is 0 Å². The molecule has 2 atom stereocenters. The molecule has 2 heterocycles. The molecule has 30 heavy (non-hydrogen) atoms. The predicted octanol–water partition coefficient (Wildman–Crippen LogP) is 3.29. The minimum absolute atomic E-state index is 0.441. The average molecular weight is 453 g/mol. The molecule has 3 rings (SSSR count). The Morgan fingerprint density at radius 1 is 1.07 bits per heavy atom. The van der Waals surface area contributed by atoms with Gasteiger partial charge < -0.3 is 20.5 Å². The molecule has 7 nitrogen and oxygen atoms in total. The minimum Gasteiger partial charge on any atom is -0.384 e. The monoisotopic (exact) mass is 452 g/mol. The first-order valence-corrected chi connectivity index (χ1v) is 9.74. The first kappa shape index (κ1) is 25.8. The number of likely N-dealkylation sites (N-methyl/N-ethyl adjacent to an activating group) is 1. The highest BCUT2D eigenvalue weighted by Crippen LogP contribution is 2.21. The van der Waals surface area contributed by atoms with Crippen molar-refractivity contribution >= 4 is 29.5 Å². The van der Waals surface area contributed by atoms with Crippen LogP contribution in [0.25, 0.3) is 11.1 Å². The van der Waals surface area contributed by atoms with E-state index in [0.29, 0.717) is 21.4 Å². The molecule has 1 aromatic carbocycles. The smallest absolute Gasteiger partial charge is 0.166 e. The van der Waals surface area contributed by atoms with E-state index >= 15 is 0 Å². The fourth-order valence-electron chi connectivity index (χ4n) is 2.26. The van der Waals surface area contributed by atoms with E-state index in [4.69, 9.17) is 23.2 Å². The van der Waals surface area contributed by atoms with Gasteiger partial charge in [-0.3, -0.25) is 10.1 Å². The molecule has 0 aliphatic rings. The molecule has 0 bridgehead atoms. The molecule has 2 unspecified atom stereocenters. The molecule has 0 saturated carbocycles. The van der Waals surface area contributed by atoms with E-state index in [1.54, 1.807) is 55.8 Å². The van der Waals surface area contributed by atoms with E-state index in [-0.39, 0.29) is 0 Å². The number of benzene rings is 1. The van der Waals surface area contributed by atoms with E-state index in [0.717, 1.165) is 17.4 Å². The van der Waals surface area contributed by atoms with E-state index < -0.39 is 12.3 Å². The second kappa shape index (κ2) is 13.9. The highest BCUT2D eigenvalue weighted by atomic mass is 35.5. The second-order valence-electron chi connectivity index (χ2n) is 6.06. The Hall–Kier alpha value is -2.26. The van der Waals surface area contributed by atoms with Gasteiger partial charge in [0, 0.05) is 23.0 Å². The van der Waals surface area contributed by atoms with Crippen LogP contribution < -0.4 is 10.6 Å². The van der Waals surface area contributed by atoms with Gasteiger partial charge in [-0.25, -0.2) is 4.98 Å². The molecule has 0 amide bonds. The summed E-state index contributed by atoms with van der Waals surface area (Å²) in [4.78, 5) is 17.2. The lowest BCUT2D eigenvalue weighted by molar-refractivity contribution is 0.00189. The number of rotatable bonds is 5. The summed E-state index contributed by atoms with van der Waals surface area (Å²) >= 11 is 11.5. The number of aromatic nitrogens is 2. The molecule has 0 saturated heterocycles. The van der Waals surface area contributed by atoms with Gasteiger partial charge >= 0.3 is 0 Å². The summed E-state index contributed by atoms with van der Waals surface area (Å²) in [7, 11) is 5.32. The summed E-state index contributed by atoms with van der Waals surface area (Å²) in [5, 5.41) is 25.1. The van der Waals surface area contributed by atoms with Gasteiger partial charge in [0.15, 0.2) is 6.29 Å². The maximum atomic E-state index is 10.4. The standard InChI is InChI=1S/C10H7ClN2O.C9H12ClNO2.C2H7N/c11-10-4-7(1-2-12-10)8-3-9(6-14)13-5-8;1-11-9(13)8(12)6-3-2-4-7(10)5-6;1-3-2/h1-6,13H;2-5,8-9,11-13H,1H3;3H,1-2H3. The lowest BCUT2D eigenvalue weighted by atomic mass is 10.1. The molecule has 3 aromatic rings. The van der Waals surface area contributed by atoms with Crippen molar-refractivity contribution in [2.24, 2.45) is 0 Å². The maximum Gasteiger partial charge on any atom is 0.166 e.